The molecule has 3 rings (SSSR count). The number of hydrogen-bond acceptors (Lipinski definition) is 4. The van der Waals surface area contributed by atoms with E-state index in [9.17, 15) is 9.59 Å². The molecule has 0 unspecified atom stereocenters. The Morgan fingerprint density at radius 1 is 1.04 bits per heavy atom. The van der Waals surface area contributed by atoms with Gasteiger partial charge in [-0.15, -0.1) is 0 Å². The zero-order valence-corrected chi connectivity index (χ0v) is 15.8. The Balaban J connectivity index is 1.38. The Morgan fingerprint density at radius 3 is 2.48 bits per heavy atom. The van der Waals surface area contributed by atoms with Crippen LogP contribution in [0.1, 0.15) is 23.2 Å². The predicted molar refractivity (Wildman–Crippen MR) is 103 cm³/mol. The van der Waals surface area contributed by atoms with Gasteiger partial charge in [-0.1, -0.05) is 23.7 Å². The Hall–Kier alpha value is -2.60. The van der Waals surface area contributed by atoms with Crippen molar-refractivity contribution in [3.05, 3.63) is 59.4 Å². The molecule has 2 heterocycles. The van der Waals surface area contributed by atoms with E-state index in [1.54, 1.807) is 35.5 Å². The number of benzene rings is 1. The van der Waals surface area contributed by atoms with Crippen LogP contribution in [0, 0.1) is 0 Å². The molecule has 0 spiro atoms. The first-order valence-corrected chi connectivity index (χ1v) is 9.37. The van der Waals surface area contributed by atoms with Crippen LogP contribution in [-0.2, 0) is 4.79 Å². The molecule has 7 heteroatoms. The van der Waals surface area contributed by atoms with Crippen LogP contribution in [0.2, 0.25) is 5.02 Å². The van der Waals surface area contributed by atoms with Gasteiger partial charge in [0.15, 0.2) is 0 Å². The first kappa shape index (κ1) is 19.2. The van der Waals surface area contributed by atoms with Crippen molar-refractivity contribution in [2.24, 2.45) is 0 Å². The van der Waals surface area contributed by atoms with Crippen LogP contribution >= 0.6 is 11.6 Å². The van der Waals surface area contributed by atoms with Crippen molar-refractivity contribution in [2.75, 3.05) is 32.8 Å². The number of para-hydroxylation sites is 1. The lowest BCUT2D eigenvalue weighted by atomic mass is 10.2. The van der Waals surface area contributed by atoms with Crippen molar-refractivity contribution in [2.45, 2.75) is 12.8 Å². The van der Waals surface area contributed by atoms with E-state index in [-0.39, 0.29) is 11.8 Å². The summed E-state index contributed by atoms with van der Waals surface area (Å²) < 4.78 is 5.61. The minimum absolute atomic E-state index is 0.0386. The summed E-state index contributed by atoms with van der Waals surface area (Å²) in [6, 6.07) is 10.8. The lowest BCUT2D eigenvalue weighted by Crippen LogP contribution is -2.50. The fraction of sp³-hybridized carbons (Fsp3) is 0.350. The van der Waals surface area contributed by atoms with Gasteiger partial charge < -0.3 is 14.5 Å². The van der Waals surface area contributed by atoms with Gasteiger partial charge in [0.05, 0.1) is 17.2 Å². The van der Waals surface area contributed by atoms with Crippen molar-refractivity contribution in [1.82, 2.24) is 14.8 Å². The summed E-state index contributed by atoms with van der Waals surface area (Å²) in [7, 11) is 0. The SMILES string of the molecule is O=C(CCCOc1ccccc1Cl)N1CCN(C(=O)c2cccnc2)CC1. The molecule has 2 aromatic rings. The molecule has 1 fully saturated rings. The second kappa shape index (κ2) is 9.37. The smallest absolute Gasteiger partial charge is 0.255 e. The highest BCUT2D eigenvalue weighted by Crippen LogP contribution is 2.23. The molecule has 1 saturated heterocycles. The van der Waals surface area contributed by atoms with Gasteiger partial charge in [0.1, 0.15) is 5.75 Å². The number of piperazine rings is 1. The fourth-order valence-corrected chi connectivity index (χ4v) is 3.15. The molecule has 1 aromatic heterocycles. The number of nitrogens with zero attached hydrogens (tertiary/aromatic N) is 3. The van der Waals surface area contributed by atoms with Crippen LogP contribution in [0.15, 0.2) is 48.8 Å². The number of halogens is 1. The minimum Gasteiger partial charge on any atom is -0.492 e. The molecule has 142 valence electrons. The molecule has 0 saturated carbocycles. The number of pyridine rings is 1. The summed E-state index contributed by atoms with van der Waals surface area (Å²) in [5, 5.41) is 0.568. The van der Waals surface area contributed by atoms with Crippen molar-refractivity contribution >= 4 is 23.4 Å². The first-order chi connectivity index (χ1) is 13.1. The summed E-state index contributed by atoms with van der Waals surface area (Å²) in [5.74, 6) is 0.684. The van der Waals surface area contributed by atoms with Gasteiger partial charge in [-0.2, -0.15) is 0 Å². The van der Waals surface area contributed by atoms with Crippen LogP contribution in [0.4, 0.5) is 0 Å². The summed E-state index contributed by atoms with van der Waals surface area (Å²) in [6.07, 6.45) is 4.25. The van der Waals surface area contributed by atoms with Crippen molar-refractivity contribution in [3.63, 3.8) is 0 Å². The highest BCUT2D eigenvalue weighted by molar-refractivity contribution is 6.32. The molecular weight excluding hydrogens is 366 g/mol. The molecule has 0 radical (unpaired) electrons. The third-order valence-electron chi connectivity index (χ3n) is 4.46. The van der Waals surface area contributed by atoms with Crippen LogP contribution in [0.25, 0.3) is 0 Å². The molecule has 6 nitrogen and oxygen atoms in total. The van der Waals surface area contributed by atoms with E-state index in [1.807, 2.05) is 23.1 Å². The summed E-state index contributed by atoms with van der Waals surface area (Å²) >= 11 is 6.03. The molecule has 27 heavy (non-hydrogen) atoms. The Bertz CT molecular complexity index is 777. The highest BCUT2D eigenvalue weighted by atomic mass is 35.5. The van der Waals surface area contributed by atoms with Gasteiger partial charge in [0, 0.05) is 45.0 Å². The van der Waals surface area contributed by atoms with Crippen LogP contribution in [0.3, 0.4) is 0 Å². The van der Waals surface area contributed by atoms with Crippen LogP contribution < -0.4 is 4.74 Å². The van der Waals surface area contributed by atoms with E-state index in [0.717, 1.165) is 0 Å². The molecule has 0 bridgehead atoms. The van der Waals surface area contributed by atoms with Gasteiger partial charge in [0.25, 0.3) is 5.91 Å². The number of rotatable bonds is 6. The molecule has 0 aliphatic carbocycles. The van der Waals surface area contributed by atoms with Gasteiger partial charge in [0.2, 0.25) is 5.91 Å². The second-order valence-electron chi connectivity index (χ2n) is 6.30. The van der Waals surface area contributed by atoms with E-state index < -0.39 is 0 Å². The molecule has 0 atom stereocenters. The standard InChI is InChI=1S/C20H22ClN3O3/c21-17-6-1-2-7-18(17)27-14-4-8-19(25)23-10-12-24(13-11-23)20(26)16-5-3-9-22-15-16/h1-3,5-7,9,15H,4,8,10-14H2. The van der Waals surface area contributed by atoms with Crippen molar-refractivity contribution in [1.29, 1.82) is 0 Å². The number of aromatic nitrogens is 1. The third-order valence-corrected chi connectivity index (χ3v) is 4.77. The van der Waals surface area contributed by atoms with Gasteiger partial charge in [-0.25, -0.2) is 0 Å². The normalized spacial score (nSPS) is 14.1. The Kier molecular flexibility index (Phi) is 6.65. The monoisotopic (exact) mass is 387 g/mol. The predicted octanol–water partition coefficient (Wildman–Crippen LogP) is 2.88. The highest BCUT2D eigenvalue weighted by Gasteiger charge is 2.24. The molecular formula is C20H22ClN3O3. The van der Waals surface area contributed by atoms with E-state index >= 15 is 0 Å². The minimum atomic E-state index is -0.0386. The number of carbonyl (C=O) groups is 2. The first-order valence-electron chi connectivity index (χ1n) is 8.99. The largest absolute Gasteiger partial charge is 0.492 e. The number of ether oxygens (including phenoxy) is 1. The lowest BCUT2D eigenvalue weighted by Gasteiger charge is -2.34. The lowest BCUT2D eigenvalue weighted by molar-refractivity contribution is -0.132. The molecule has 1 aliphatic heterocycles. The third kappa shape index (κ3) is 5.20. The maximum absolute atomic E-state index is 12.4. The maximum atomic E-state index is 12.4. The van der Waals surface area contributed by atoms with Gasteiger partial charge >= 0.3 is 0 Å². The topological polar surface area (TPSA) is 62.7 Å². The average Bonchev–Trinajstić information content (AvgIpc) is 2.72. The maximum Gasteiger partial charge on any atom is 0.255 e. The summed E-state index contributed by atoms with van der Waals surface area (Å²) in [4.78, 5) is 32.3. The Morgan fingerprint density at radius 2 is 1.78 bits per heavy atom. The summed E-state index contributed by atoms with van der Waals surface area (Å²) in [6.45, 7) is 2.62. The molecule has 1 aliphatic rings. The average molecular weight is 388 g/mol. The quantitative estimate of drug-likeness (QED) is 0.715. The summed E-state index contributed by atoms with van der Waals surface area (Å²) in [5.41, 5.74) is 0.578. The van der Waals surface area contributed by atoms with Crippen LogP contribution in [-0.4, -0.2) is 59.4 Å². The second-order valence-corrected chi connectivity index (χ2v) is 6.70. The molecule has 1 aromatic carbocycles. The van der Waals surface area contributed by atoms with E-state index in [4.69, 9.17) is 16.3 Å². The fourth-order valence-electron chi connectivity index (χ4n) is 2.96. The van der Waals surface area contributed by atoms with Crippen LogP contribution in [0.5, 0.6) is 5.75 Å². The van der Waals surface area contributed by atoms with E-state index in [1.165, 1.54) is 0 Å². The van der Waals surface area contributed by atoms with Gasteiger partial charge in [-0.05, 0) is 30.7 Å². The van der Waals surface area contributed by atoms with E-state index in [2.05, 4.69) is 4.98 Å². The van der Waals surface area contributed by atoms with Crippen molar-refractivity contribution < 1.29 is 14.3 Å². The van der Waals surface area contributed by atoms with Gasteiger partial charge in [-0.3, -0.25) is 14.6 Å². The van der Waals surface area contributed by atoms with Crippen molar-refractivity contribution in [3.8, 4) is 5.75 Å². The Labute approximate surface area is 163 Å². The van der Waals surface area contributed by atoms with E-state index in [0.29, 0.717) is 62.0 Å². The molecule has 0 N–H and O–H groups in total. The zero-order valence-electron chi connectivity index (χ0n) is 15.0. The number of carbonyl (C=O) groups excluding carboxylic acids is 2. The zero-order chi connectivity index (χ0) is 19.1. The number of amides is 2. The molecule has 2 amide bonds. The number of hydrogen-bond donors (Lipinski definition) is 0.